The van der Waals surface area contributed by atoms with Gasteiger partial charge in [-0.3, -0.25) is 14.2 Å². The molecular weight excluding hydrogens is 394 g/mol. The SMILES string of the molecule is CN(C)C(=O)C(Sc1nc2ccccc2c(=O)n1-c1ccccc1)c1ccccc1. The van der Waals surface area contributed by atoms with Gasteiger partial charge in [-0.05, 0) is 29.8 Å². The molecule has 0 saturated carbocycles. The van der Waals surface area contributed by atoms with E-state index in [1.165, 1.54) is 11.8 Å². The average Bonchev–Trinajstić information content (AvgIpc) is 2.78. The van der Waals surface area contributed by atoms with Crippen molar-refractivity contribution in [2.45, 2.75) is 10.4 Å². The lowest BCUT2D eigenvalue weighted by Crippen LogP contribution is -2.28. The van der Waals surface area contributed by atoms with E-state index in [0.29, 0.717) is 21.7 Å². The quantitative estimate of drug-likeness (QED) is 0.360. The lowest BCUT2D eigenvalue weighted by atomic mass is 10.1. The first-order chi connectivity index (χ1) is 14.6. The molecule has 1 unspecified atom stereocenters. The van der Waals surface area contributed by atoms with Crippen molar-refractivity contribution in [1.82, 2.24) is 14.5 Å². The van der Waals surface area contributed by atoms with Crippen LogP contribution in [0.5, 0.6) is 0 Å². The monoisotopic (exact) mass is 415 g/mol. The van der Waals surface area contributed by atoms with Gasteiger partial charge >= 0.3 is 0 Å². The highest BCUT2D eigenvalue weighted by Crippen LogP contribution is 2.36. The van der Waals surface area contributed by atoms with Crippen LogP contribution in [0, 0.1) is 0 Å². The van der Waals surface area contributed by atoms with Gasteiger partial charge in [-0.2, -0.15) is 0 Å². The van der Waals surface area contributed by atoms with Gasteiger partial charge in [-0.25, -0.2) is 4.98 Å². The molecule has 1 amide bonds. The molecule has 1 atom stereocenters. The number of amides is 1. The zero-order chi connectivity index (χ0) is 21.1. The Balaban J connectivity index is 1.92. The van der Waals surface area contributed by atoms with Crippen molar-refractivity contribution in [2.24, 2.45) is 0 Å². The molecule has 6 heteroatoms. The summed E-state index contributed by atoms with van der Waals surface area (Å²) in [6.07, 6.45) is 0. The highest BCUT2D eigenvalue weighted by molar-refractivity contribution is 8.00. The minimum atomic E-state index is -0.524. The molecule has 0 spiro atoms. The van der Waals surface area contributed by atoms with Gasteiger partial charge in [-0.15, -0.1) is 0 Å². The first-order valence-electron chi connectivity index (χ1n) is 9.56. The Kier molecular flexibility index (Phi) is 5.68. The summed E-state index contributed by atoms with van der Waals surface area (Å²) in [4.78, 5) is 32.8. The van der Waals surface area contributed by atoms with E-state index in [1.807, 2.05) is 78.9 Å². The molecule has 1 aromatic heterocycles. The number of nitrogens with zero attached hydrogens (tertiary/aromatic N) is 3. The van der Waals surface area contributed by atoms with Crippen LogP contribution in [0.4, 0.5) is 0 Å². The maximum atomic E-state index is 13.4. The number of likely N-dealkylation sites (N-methyl/N-ethyl adjacent to an activating group) is 1. The van der Waals surface area contributed by atoms with Gasteiger partial charge in [0.05, 0.1) is 16.6 Å². The van der Waals surface area contributed by atoms with Gasteiger partial charge in [0.15, 0.2) is 5.16 Å². The molecule has 4 rings (SSSR count). The first kappa shape index (κ1) is 19.9. The molecule has 150 valence electrons. The van der Waals surface area contributed by atoms with Crippen LogP contribution in [0.15, 0.2) is 94.9 Å². The molecule has 3 aromatic carbocycles. The van der Waals surface area contributed by atoms with Crippen LogP contribution in [0.2, 0.25) is 0 Å². The molecule has 1 heterocycles. The van der Waals surface area contributed by atoms with Crippen molar-refractivity contribution in [3.8, 4) is 5.69 Å². The van der Waals surface area contributed by atoms with Crippen LogP contribution in [-0.4, -0.2) is 34.5 Å². The minimum absolute atomic E-state index is 0.0618. The molecule has 0 fully saturated rings. The molecular formula is C24H21N3O2S. The Bertz CT molecular complexity index is 1240. The number of carbonyl (C=O) groups excluding carboxylic acids is 1. The Morgan fingerprint density at radius 3 is 2.17 bits per heavy atom. The average molecular weight is 416 g/mol. The molecule has 30 heavy (non-hydrogen) atoms. The summed E-state index contributed by atoms with van der Waals surface area (Å²) in [6, 6.07) is 26.3. The van der Waals surface area contributed by atoms with Crippen molar-refractivity contribution >= 4 is 28.6 Å². The van der Waals surface area contributed by atoms with Gasteiger partial charge < -0.3 is 4.90 Å². The molecule has 0 radical (unpaired) electrons. The van der Waals surface area contributed by atoms with Gasteiger partial charge in [0, 0.05) is 14.1 Å². The zero-order valence-corrected chi connectivity index (χ0v) is 17.5. The summed E-state index contributed by atoms with van der Waals surface area (Å²) in [5.41, 5.74) is 2.04. The van der Waals surface area contributed by atoms with Crippen LogP contribution in [-0.2, 0) is 4.79 Å². The van der Waals surface area contributed by atoms with E-state index >= 15 is 0 Å². The Labute approximate surface area is 179 Å². The second-order valence-corrected chi connectivity index (χ2v) is 8.10. The van der Waals surface area contributed by atoms with Crippen molar-refractivity contribution in [1.29, 1.82) is 0 Å². The summed E-state index contributed by atoms with van der Waals surface area (Å²) in [5, 5.41) is 0.499. The number of thioether (sulfide) groups is 1. The third-order valence-corrected chi connectivity index (χ3v) is 5.94. The number of para-hydroxylation sites is 2. The second-order valence-electron chi connectivity index (χ2n) is 7.03. The van der Waals surface area contributed by atoms with Crippen LogP contribution in [0.1, 0.15) is 10.8 Å². The highest BCUT2D eigenvalue weighted by Gasteiger charge is 2.26. The molecule has 0 saturated heterocycles. The smallest absolute Gasteiger partial charge is 0.266 e. The van der Waals surface area contributed by atoms with Gasteiger partial charge in [0.1, 0.15) is 5.25 Å². The lowest BCUT2D eigenvalue weighted by Gasteiger charge is -2.22. The zero-order valence-electron chi connectivity index (χ0n) is 16.7. The number of hydrogen-bond acceptors (Lipinski definition) is 4. The van der Waals surface area contributed by atoms with Gasteiger partial charge in [-0.1, -0.05) is 72.4 Å². The fourth-order valence-electron chi connectivity index (χ4n) is 3.22. The number of carbonyl (C=O) groups is 1. The minimum Gasteiger partial charge on any atom is -0.348 e. The van der Waals surface area contributed by atoms with Crippen LogP contribution in [0.25, 0.3) is 16.6 Å². The third kappa shape index (κ3) is 3.86. The summed E-state index contributed by atoms with van der Waals surface area (Å²) in [7, 11) is 3.47. The first-order valence-corrected chi connectivity index (χ1v) is 10.4. The van der Waals surface area contributed by atoms with Crippen LogP contribution >= 0.6 is 11.8 Å². The second kappa shape index (κ2) is 8.55. The fraction of sp³-hybridized carbons (Fsp3) is 0.125. The van der Waals surface area contributed by atoms with Crippen molar-refractivity contribution < 1.29 is 4.79 Å². The number of rotatable bonds is 5. The summed E-state index contributed by atoms with van der Waals surface area (Å²) >= 11 is 1.29. The van der Waals surface area contributed by atoms with Crippen LogP contribution in [0.3, 0.4) is 0 Å². The van der Waals surface area contributed by atoms with E-state index in [2.05, 4.69) is 0 Å². The van der Waals surface area contributed by atoms with Gasteiger partial charge in [0.2, 0.25) is 5.91 Å². The van der Waals surface area contributed by atoms with Crippen molar-refractivity contribution in [3.05, 3.63) is 101 Å². The molecule has 0 aliphatic heterocycles. The number of benzene rings is 3. The van der Waals surface area contributed by atoms with E-state index in [4.69, 9.17) is 4.98 Å². The molecule has 0 aliphatic rings. The van der Waals surface area contributed by atoms with Crippen LogP contribution < -0.4 is 5.56 Å². The largest absolute Gasteiger partial charge is 0.348 e. The van der Waals surface area contributed by atoms with Crippen molar-refractivity contribution in [3.63, 3.8) is 0 Å². The maximum Gasteiger partial charge on any atom is 0.266 e. The molecule has 4 aromatic rings. The molecule has 5 nitrogen and oxygen atoms in total. The fourth-order valence-corrected chi connectivity index (χ4v) is 4.49. The molecule has 0 N–H and O–H groups in total. The van der Waals surface area contributed by atoms with E-state index < -0.39 is 5.25 Å². The molecule has 0 aliphatic carbocycles. The highest BCUT2D eigenvalue weighted by atomic mass is 32.2. The van der Waals surface area contributed by atoms with E-state index in [0.717, 1.165) is 5.56 Å². The Morgan fingerprint density at radius 1 is 0.900 bits per heavy atom. The number of hydrogen-bond donors (Lipinski definition) is 0. The predicted molar refractivity (Wildman–Crippen MR) is 121 cm³/mol. The number of fused-ring (bicyclic) bond motifs is 1. The topological polar surface area (TPSA) is 55.2 Å². The van der Waals surface area contributed by atoms with Crippen molar-refractivity contribution in [2.75, 3.05) is 14.1 Å². The Hall–Kier alpha value is -3.38. The van der Waals surface area contributed by atoms with E-state index in [1.54, 1.807) is 29.6 Å². The Morgan fingerprint density at radius 2 is 1.50 bits per heavy atom. The number of aromatic nitrogens is 2. The summed E-state index contributed by atoms with van der Waals surface area (Å²) < 4.78 is 1.59. The summed E-state index contributed by atoms with van der Waals surface area (Å²) in [5.74, 6) is -0.0618. The third-order valence-electron chi connectivity index (χ3n) is 4.75. The van der Waals surface area contributed by atoms with Gasteiger partial charge in [0.25, 0.3) is 5.56 Å². The van der Waals surface area contributed by atoms with E-state index in [-0.39, 0.29) is 11.5 Å². The standard InChI is InChI=1S/C24H21N3O2S/c1-26(2)23(29)21(17-11-5-3-6-12-17)30-24-25-20-16-10-9-15-19(20)22(28)27(24)18-13-7-4-8-14-18/h3-16,21H,1-2H3. The normalized spacial score (nSPS) is 11.9. The maximum absolute atomic E-state index is 13.4. The summed E-state index contributed by atoms with van der Waals surface area (Å²) in [6.45, 7) is 0. The van der Waals surface area contributed by atoms with E-state index in [9.17, 15) is 9.59 Å². The predicted octanol–water partition coefficient (Wildman–Crippen LogP) is 4.31. The molecule has 0 bridgehead atoms. The lowest BCUT2D eigenvalue weighted by molar-refractivity contribution is -0.128.